The first-order valence-corrected chi connectivity index (χ1v) is 9.73. The second-order valence-corrected chi connectivity index (χ2v) is 7.22. The molecule has 0 atom stereocenters. The van der Waals surface area contributed by atoms with Crippen LogP contribution in [0.4, 0.5) is 26.3 Å². The topological polar surface area (TPSA) is 40.9 Å². The van der Waals surface area contributed by atoms with Crippen LogP contribution in [-0.2, 0) is 6.54 Å². The van der Waals surface area contributed by atoms with Gasteiger partial charge in [0.05, 0.1) is 6.54 Å². The number of hydrogen-bond acceptors (Lipinski definition) is 4. The summed E-state index contributed by atoms with van der Waals surface area (Å²) < 4.78 is 84.3. The maximum atomic E-state index is 14.1. The number of amidine groups is 2. The number of rotatable bonds is 4. The van der Waals surface area contributed by atoms with Crippen molar-refractivity contribution in [2.24, 2.45) is 9.98 Å². The van der Waals surface area contributed by atoms with Crippen LogP contribution in [0.15, 0.2) is 95.2 Å². The summed E-state index contributed by atoms with van der Waals surface area (Å²) in [6.07, 6.45) is -9.14. The molecule has 0 bridgehead atoms. The number of pyridine rings is 1. The molecule has 170 valence electrons. The first kappa shape index (κ1) is 22.5. The highest BCUT2D eigenvalue weighted by molar-refractivity contribution is 6.16. The second kappa shape index (κ2) is 8.34. The van der Waals surface area contributed by atoms with E-state index < -0.39 is 29.7 Å². The Kier molecular flexibility index (Phi) is 5.69. The van der Waals surface area contributed by atoms with Crippen molar-refractivity contribution in [2.75, 3.05) is 0 Å². The van der Waals surface area contributed by atoms with Crippen LogP contribution in [0.25, 0.3) is 0 Å². The van der Waals surface area contributed by atoms with Crippen molar-refractivity contribution in [3.63, 3.8) is 0 Å². The Morgan fingerprint density at radius 2 is 1.18 bits per heavy atom. The fraction of sp³-hybridized carbons (Fsp3) is 0.174. The minimum Gasteiger partial charge on any atom is -0.306 e. The molecular formula is C23H16F6N4. The van der Waals surface area contributed by atoms with E-state index in [1.807, 2.05) is 0 Å². The zero-order chi connectivity index (χ0) is 23.7. The molecule has 0 spiro atoms. The minimum absolute atomic E-state index is 0.00497. The maximum absolute atomic E-state index is 14.1. The van der Waals surface area contributed by atoms with E-state index in [-0.39, 0.29) is 17.7 Å². The molecule has 4 rings (SSSR count). The van der Waals surface area contributed by atoms with Crippen LogP contribution in [0.5, 0.6) is 0 Å². The summed E-state index contributed by atoms with van der Waals surface area (Å²) >= 11 is 0. The third kappa shape index (κ3) is 4.20. The van der Waals surface area contributed by atoms with Crippen LogP contribution in [0.1, 0.15) is 16.7 Å². The van der Waals surface area contributed by atoms with Crippen molar-refractivity contribution >= 4 is 11.7 Å². The van der Waals surface area contributed by atoms with Crippen LogP contribution in [0, 0.1) is 0 Å². The van der Waals surface area contributed by atoms with Crippen LogP contribution in [0.2, 0.25) is 0 Å². The fourth-order valence-corrected chi connectivity index (χ4v) is 3.41. The Balaban J connectivity index is 2.02. The van der Waals surface area contributed by atoms with E-state index in [0.717, 1.165) is 0 Å². The van der Waals surface area contributed by atoms with Crippen LogP contribution in [0.3, 0.4) is 0 Å². The van der Waals surface area contributed by atoms with E-state index in [1.54, 1.807) is 36.4 Å². The van der Waals surface area contributed by atoms with Gasteiger partial charge in [0.2, 0.25) is 0 Å². The number of benzene rings is 2. The summed E-state index contributed by atoms with van der Waals surface area (Å²) in [5, 5.41) is 0. The molecule has 0 aliphatic carbocycles. The summed E-state index contributed by atoms with van der Waals surface area (Å²) in [6.45, 7) is -0.0614. The number of hydrogen-bond donors (Lipinski definition) is 0. The average Bonchev–Trinajstić information content (AvgIpc) is 2.79. The van der Waals surface area contributed by atoms with Gasteiger partial charge in [0.15, 0.2) is 0 Å². The normalized spacial score (nSPS) is 16.2. The summed E-state index contributed by atoms with van der Waals surface area (Å²) in [6, 6.07) is 18.8. The van der Waals surface area contributed by atoms with Crippen LogP contribution in [-0.4, -0.2) is 39.6 Å². The van der Waals surface area contributed by atoms with Gasteiger partial charge in [0.25, 0.3) is 0 Å². The molecule has 3 aromatic rings. The lowest BCUT2D eigenvalue weighted by molar-refractivity contribution is -0.293. The third-order valence-corrected chi connectivity index (χ3v) is 4.97. The standard InChI is InChI=1S/C23H16F6N4/c24-22(25,26)21(23(27,28)29)31-19(17-10-5-2-6-11-17)33(15-16-8-3-1-4-9-16)20(32-21)18-12-7-13-30-14-18/h1-14H,15H2. The molecule has 0 fully saturated rings. The van der Waals surface area contributed by atoms with Gasteiger partial charge in [-0.1, -0.05) is 60.7 Å². The van der Waals surface area contributed by atoms with Crippen LogP contribution < -0.4 is 0 Å². The van der Waals surface area contributed by atoms with Gasteiger partial charge < -0.3 is 4.90 Å². The maximum Gasteiger partial charge on any atom is 0.443 e. The van der Waals surface area contributed by atoms with E-state index in [4.69, 9.17) is 0 Å². The molecule has 0 unspecified atom stereocenters. The highest BCUT2D eigenvalue weighted by atomic mass is 19.4. The van der Waals surface area contributed by atoms with Gasteiger partial charge in [-0.25, -0.2) is 9.98 Å². The lowest BCUT2D eigenvalue weighted by Gasteiger charge is -2.39. The van der Waals surface area contributed by atoms with Gasteiger partial charge in [-0.2, -0.15) is 26.3 Å². The third-order valence-electron chi connectivity index (χ3n) is 4.97. The van der Waals surface area contributed by atoms with Gasteiger partial charge >= 0.3 is 18.0 Å². The van der Waals surface area contributed by atoms with Gasteiger partial charge in [0.1, 0.15) is 11.7 Å². The average molecular weight is 462 g/mol. The lowest BCUT2D eigenvalue weighted by atomic mass is 10.0. The second-order valence-electron chi connectivity index (χ2n) is 7.22. The fourth-order valence-electron chi connectivity index (χ4n) is 3.41. The molecule has 0 saturated heterocycles. The van der Waals surface area contributed by atoms with Crippen molar-refractivity contribution in [3.8, 4) is 0 Å². The highest BCUT2D eigenvalue weighted by Gasteiger charge is 2.74. The molecule has 4 nitrogen and oxygen atoms in total. The van der Waals surface area contributed by atoms with E-state index in [2.05, 4.69) is 15.0 Å². The Hall–Kier alpha value is -3.69. The predicted octanol–water partition coefficient (Wildman–Crippen LogP) is 5.61. The van der Waals surface area contributed by atoms with Gasteiger partial charge in [-0.05, 0) is 17.7 Å². The highest BCUT2D eigenvalue weighted by Crippen LogP contribution is 2.49. The van der Waals surface area contributed by atoms with Crippen molar-refractivity contribution < 1.29 is 26.3 Å². The summed E-state index contributed by atoms with van der Waals surface area (Å²) in [5.41, 5.74) is -3.94. The quantitative estimate of drug-likeness (QED) is 0.473. The summed E-state index contributed by atoms with van der Waals surface area (Å²) in [7, 11) is 0. The molecule has 33 heavy (non-hydrogen) atoms. The molecule has 2 aromatic carbocycles. The van der Waals surface area contributed by atoms with Crippen molar-refractivity contribution in [1.29, 1.82) is 0 Å². The Morgan fingerprint density at radius 3 is 1.70 bits per heavy atom. The van der Waals surface area contributed by atoms with E-state index >= 15 is 0 Å². The van der Waals surface area contributed by atoms with Gasteiger partial charge in [-0.3, -0.25) is 4.98 Å². The van der Waals surface area contributed by atoms with Crippen LogP contribution >= 0.6 is 0 Å². The summed E-state index contributed by atoms with van der Waals surface area (Å²) in [4.78, 5) is 11.6. The number of alkyl halides is 6. The van der Waals surface area contributed by atoms with E-state index in [0.29, 0.717) is 5.56 Å². The zero-order valence-corrected chi connectivity index (χ0v) is 16.8. The number of aromatic nitrogens is 1. The number of aliphatic imine (C=N–C) groups is 2. The predicted molar refractivity (Wildman–Crippen MR) is 111 cm³/mol. The molecule has 0 saturated carbocycles. The molecule has 1 aromatic heterocycles. The van der Waals surface area contributed by atoms with Crippen molar-refractivity contribution in [2.45, 2.75) is 24.6 Å². The zero-order valence-electron chi connectivity index (χ0n) is 16.8. The molecule has 2 heterocycles. The minimum atomic E-state index is -5.84. The molecule has 1 aliphatic rings. The Bertz CT molecular complexity index is 1080. The largest absolute Gasteiger partial charge is 0.443 e. The van der Waals surface area contributed by atoms with Crippen molar-refractivity contribution in [3.05, 3.63) is 102 Å². The molecular weight excluding hydrogens is 446 g/mol. The van der Waals surface area contributed by atoms with E-state index in [9.17, 15) is 26.3 Å². The number of halogens is 6. The summed E-state index contributed by atoms with van der Waals surface area (Å²) in [5.74, 6) is -1.03. The Labute approximate surface area is 184 Å². The van der Waals surface area contributed by atoms with E-state index in [1.165, 1.54) is 53.7 Å². The lowest BCUT2D eigenvalue weighted by Crippen LogP contribution is -2.59. The molecule has 0 amide bonds. The first-order chi connectivity index (χ1) is 15.6. The molecule has 10 heteroatoms. The monoisotopic (exact) mass is 462 g/mol. The molecule has 0 radical (unpaired) electrons. The smallest absolute Gasteiger partial charge is 0.306 e. The first-order valence-electron chi connectivity index (χ1n) is 9.73. The van der Waals surface area contributed by atoms with Gasteiger partial charge in [-0.15, -0.1) is 0 Å². The Morgan fingerprint density at radius 1 is 0.667 bits per heavy atom. The SMILES string of the molecule is FC(F)(F)C1(C(F)(F)F)N=C(c2ccccc2)N(Cc2ccccc2)C(c2cccnc2)=N1. The van der Waals surface area contributed by atoms with Crippen molar-refractivity contribution in [1.82, 2.24) is 9.88 Å². The molecule has 0 N–H and O–H groups in total. The molecule has 1 aliphatic heterocycles. The number of nitrogens with zero attached hydrogens (tertiary/aromatic N) is 4. The van der Waals surface area contributed by atoms with Gasteiger partial charge in [0, 0.05) is 23.5 Å².